The number of aryl methyl sites for hydroxylation is 1. The summed E-state index contributed by atoms with van der Waals surface area (Å²) in [5.41, 5.74) is 0. The maximum atomic E-state index is 4.65. The highest BCUT2D eigenvalue weighted by atomic mass is 32.1. The zero-order valence-electron chi connectivity index (χ0n) is 14.1. The van der Waals surface area contributed by atoms with Crippen molar-refractivity contribution in [3.63, 3.8) is 0 Å². The molecule has 5 nitrogen and oxygen atoms in total. The Morgan fingerprint density at radius 3 is 2.73 bits per heavy atom. The van der Waals surface area contributed by atoms with Gasteiger partial charge in [-0.25, -0.2) is 9.98 Å². The van der Waals surface area contributed by atoms with Crippen molar-refractivity contribution in [3.05, 3.63) is 16.1 Å². The molecule has 0 saturated carbocycles. The molecule has 0 aromatic carbocycles. The standard InChI is InChI=1S/C16H29N5S/c1-4-14(21-8-6-7-9-21)11-19-16(17-5-2)20-12-15-18-10-13(3)22-15/h10,14H,4-9,11-12H2,1-3H3,(H2,17,19,20). The number of aliphatic imine (C=N–C) groups is 1. The van der Waals surface area contributed by atoms with E-state index in [2.05, 4.69) is 46.3 Å². The van der Waals surface area contributed by atoms with Crippen LogP contribution in [0.4, 0.5) is 0 Å². The largest absolute Gasteiger partial charge is 0.357 e. The molecule has 2 N–H and O–H groups in total. The lowest BCUT2D eigenvalue weighted by Gasteiger charge is -2.27. The third-order valence-electron chi connectivity index (χ3n) is 4.02. The summed E-state index contributed by atoms with van der Waals surface area (Å²) in [6.07, 6.45) is 5.77. The number of aromatic nitrogens is 1. The van der Waals surface area contributed by atoms with Crippen molar-refractivity contribution in [1.82, 2.24) is 20.5 Å². The third-order valence-corrected chi connectivity index (χ3v) is 4.92. The molecule has 0 bridgehead atoms. The van der Waals surface area contributed by atoms with Gasteiger partial charge in [-0.05, 0) is 46.2 Å². The average Bonchev–Trinajstić information content (AvgIpc) is 3.17. The van der Waals surface area contributed by atoms with Crippen LogP contribution >= 0.6 is 11.3 Å². The van der Waals surface area contributed by atoms with Gasteiger partial charge in [0.25, 0.3) is 0 Å². The van der Waals surface area contributed by atoms with Gasteiger partial charge < -0.3 is 10.6 Å². The first-order chi connectivity index (χ1) is 10.7. The molecule has 1 aromatic rings. The van der Waals surface area contributed by atoms with E-state index in [-0.39, 0.29) is 0 Å². The Hall–Kier alpha value is -1.14. The summed E-state index contributed by atoms with van der Waals surface area (Å²) in [5, 5.41) is 7.90. The van der Waals surface area contributed by atoms with Gasteiger partial charge in [0.2, 0.25) is 0 Å². The molecule has 1 unspecified atom stereocenters. The van der Waals surface area contributed by atoms with Crippen molar-refractivity contribution >= 4 is 17.3 Å². The number of hydrogen-bond donors (Lipinski definition) is 2. The minimum absolute atomic E-state index is 0.605. The van der Waals surface area contributed by atoms with Gasteiger partial charge in [0.1, 0.15) is 5.01 Å². The summed E-state index contributed by atoms with van der Waals surface area (Å²) < 4.78 is 0. The summed E-state index contributed by atoms with van der Waals surface area (Å²) in [6, 6.07) is 0.605. The second kappa shape index (κ2) is 9.10. The smallest absolute Gasteiger partial charge is 0.191 e. The van der Waals surface area contributed by atoms with E-state index in [0.29, 0.717) is 12.6 Å². The molecule has 0 radical (unpaired) electrons. The second-order valence-corrected chi connectivity index (χ2v) is 7.07. The Bertz CT molecular complexity index is 465. The normalized spacial score (nSPS) is 17.7. The zero-order valence-corrected chi connectivity index (χ0v) is 14.9. The first-order valence-corrected chi connectivity index (χ1v) is 9.22. The monoisotopic (exact) mass is 323 g/mol. The summed E-state index contributed by atoms with van der Waals surface area (Å²) >= 11 is 1.72. The topological polar surface area (TPSA) is 52.6 Å². The molecule has 1 aromatic heterocycles. The fourth-order valence-corrected chi connectivity index (χ4v) is 3.53. The number of thiazole rings is 1. The van der Waals surface area contributed by atoms with Crippen LogP contribution < -0.4 is 10.6 Å². The van der Waals surface area contributed by atoms with E-state index in [1.54, 1.807) is 11.3 Å². The summed E-state index contributed by atoms with van der Waals surface area (Å²) in [6.45, 7) is 11.4. The Balaban J connectivity index is 1.86. The summed E-state index contributed by atoms with van der Waals surface area (Å²) in [5.74, 6) is 0.896. The van der Waals surface area contributed by atoms with Gasteiger partial charge in [0, 0.05) is 30.2 Å². The van der Waals surface area contributed by atoms with Crippen molar-refractivity contribution in [2.75, 3.05) is 26.2 Å². The Labute approximate surface area is 138 Å². The maximum absolute atomic E-state index is 4.65. The van der Waals surface area contributed by atoms with Crippen LogP contribution in [0.3, 0.4) is 0 Å². The van der Waals surface area contributed by atoms with Crippen LogP contribution in [0.15, 0.2) is 11.2 Å². The fourth-order valence-electron chi connectivity index (χ4n) is 2.82. The Morgan fingerprint density at radius 2 is 2.14 bits per heavy atom. The predicted octanol–water partition coefficient (Wildman–Crippen LogP) is 2.38. The zero-order chi connectivity index (χ0) is 15.8. The van der Waals surface area contributed by atoms with E-state index in [4.69, 9.17) is 0 Å². The SMILES string of the molecule is CCNC(=NCc1ncc(C)s1)NCC(CC)N1CCCC1. The molecule has 0 amide bonds. The van der Waals surface area contributed by atoms with Gasteiger partial charge in [-0.3, -0.25) is 4.90 Å². The number of likely N-dealkylation sites (tertiary alicyclic amines) is 1. The molecular formula is C16H29N5S. The lowest BCUT2D eigenvalue weighted by molar-refractivity contribution is 0.236. The van der Waals surface area contributed by atoms with Crippen molar-refractivity contribution in [3.8, 4) is 0 Å². The number of guanidine groups is 1. The van der Waals surface area contributed by atoms with Crippen LogP contribution in [0, 0.1) is 6.92 Å². The lowest BCUT2D eigenvalue weighted by Crippen LogP contribution is -2.46. The van der Waals surface area contributed by atoms with E-state index in [0.717, 1.165) is 24.1 Å². The molecule has 22 heavy (non-hydrogen) atoms. The van der Waals surface area contributed by atoms with Gasteiger partial charge in [-0.1, -0.05) is 6.92 Å². The van der Waals surface area contributed by atoms with E-state index < -0.39 is 0 Å². The number of nitrogens with one attached hydrogen (secondary N) is 2. The molecule has 1 aliphatic heterocycles. The average molecular weight is 324 g/mol. The van der Waals surface area contributed by atoms with Gasteiger partial charge in [0.15, 0.2) is 5.96 Å². The predicted molar refractivity (Wildman–Crippen MR) is 94.6 cm³/mol. The van der Waals surface area contributed by atoms with Crippen LogP contribution in [0.5, 0.6) is 0 Å². The van der Waals surface area contributed by atoms with E-state index >= 15 is 0 Å². The quantitative estimate of drug-likeness (QED) is 0.597. The molecule has 0 aliphatic carbocycles. The van der Waals surface area contributed by atoms with Crippen LogP contribution in [0.25, 0.3) is 0 Å². The first-order valence-electron chi connectivity index (χ1n) is 8.40. The molecule has 2 heterocycles. The Kier molecular flexibility index (Phi) is 7.12. The van der Waals surface area contributed by atoms with Crippen LogP contribution in [-0.2, 0) is 6.54 Å². The van der Waals surface area contributed by atoms with E-state index in [1.165, 1.54) is 37.2 Å². The highest BCUT2D eigenvalue weighted by Crippen LogP contribution is 2.14. The molecule has 6 heteroatoms. The number of nitrogens with zero attached hydrogens (tertiary/aromatic N) is 3. The van der Waals surface area contributed by atoms with Gasteiger partial charge in [0.05, 0.1) is 6.54 Å². The van der Waals surface area contributed by atoms with E-state index in [9.17, 15) is 0 Å². The number of hydrogen-bond acceptors (Lipinski definition) is 4. The second-order valence-electron chi connectivity index (χ2n) is 5.75. The minimum Gasteiger partial charge on any atom is -0.357 e. The Morgan fingerprint density at radius 1 is 1.36 bits per heavy atom. The van der Waals surface area contributed by atoms with Crippen LogP contribution in [0.1, 0.15) is 43.0 Å². The molecule has 1 saturated heterocycles. The van der Waals surface area contributed by atoms with Crippen LogP contribution in [-0.4, -0.2) is 48.1 Å². The lowest BCUT2D eigenvalue weighted by atomic mass is 10.2. The van der Waals surface area contributed by atoms with Crippen molar-refractivity contribution in [2.45, 2.75) is 52.6 Å². The van der Waals surface area contributed by atoms with Crippen molar-refractivity contribution < 1.29 is 0 Å². The fraction of sp³-hybridized carbons (Fsp3) is 0.750. The molecule has 0 spiro atoms. The van der Waals surface area contributed by atoms with Crippen molar-refractivity contribution in [1.29, 1.82) is 0 Å². The van der Waals surface area contributed by atoms with E-state index in [1.807, 2.05) is 6.20 Å². The highest BCUT2D eigenvalue weighted by Gasteiger charge is 2.20. The van der Waals surface area contributed by atoms with Gasteiger partial charge in [-0.15, -0.1) is 11.3 Å². The molecule has 1 aliphatic rings. The first kappa shape index (κ1) is 17.2. The summed E-state index contributed by atoms with van der Waals surface area (Å²) in [4.78, 5) is 12.9. The van der Waals surface area contributed by atoms with Gasteiger partial charge in [-0.2, -0.15) is 0 Å². The molecule has 124 valence electrons. The van der Waals surface area contributed by atoms with Gasteiger partial charge >= 0.3 is 0 Å². The third kappa shape index (κ3) is 5.25. The number of rotatable bonds is 7. The molecule has 1 fully saturated rings. The molecule has 2 rings (SSSR count). The molecule has 1 atom stereocenters. The maximum Gasteiger partial charge on any atom is 0.191 e. The summed E-state index contributed by atoms with van der Waals surface area (Å²) in [7, 11) is 0. The van der Waals surface area contributed by atoms with Crippen LogP contribution in [0.2, 0.25) is 0 Å². The molecular weight excluding hydrogens is 294 g/mol. The highest BCUT2D eigenvalue weighted by molar-refractivity contribution is 7.11. The van der Waals surface area contributed by atoms with Crippen molar-refractivity contribution in [2.24, 2.45) is 4.99 Å². The minimum atomic E-state index is 0.605.